The first-order valence-electron chi connectivity index (χ1n) is 7.84. The molecule has 1 aromatic carbocycles. The molecule has 0 saturated carbocycles. The van der Waals surface area contributed by atoms with Crippen molar-refractivity contribution in [3.05, 3.63) is 22.2 Å². The molecule has 0 aromatic heterocycles. The maximum atomic E-state index is 11.4. The fraction of sp³-hybridized carbons (Fsp3) is 0.588. The van der Waals surface area contributed by atoms with Crippen molar-refractivity contribution in [3.8, 4) is 11.5 Å². The first kappa shape index (κ1) is 19.8. The summed E-state index contributed by atoms with van der Waals surface area (Å²) in [6.07, 6.45) is 1.46. The van der Waals surface area contributed by atoms with Crippen molar-refractivity contribution in [2.75, 3.05) is 13.7 Å². The molecule has 0 amide bonds. The van der Waals surface area contributed by atoms with Crippen molar-refractivity contribution in [1.82, 2.24) is 5.32 Å². The van der Waals surface area contributed by atoms with Crippen molar-refractivity contribution in [2.45, 2.75) is 46.2 Å². The minimum atomic E-state index is -0.836. The van der Waals surface area contributed by atoms with Gasteiger partial charge in [0.2, 0.25) is 0 Å². The van der Waals surface area contributed by atoms with Gasteiger partial charge in [-0.3, -0.25) is 4.79 Å². The minimum absolute atomic E-state index is 0.302. The number of carboxylic acids is 1. The van der Waals surface area contributed by atoms with Crippen molar-refractivity contribution in [2.24, 2.45) is 5.92 Å². The van der Waals surface area contributed by atoms with E-state index in [1.54, 1.807) is 7.11 Å². The highest BCUT2D eigenvalue weighted by Crippen LogP contribution is 2.35. The number of hydrogen-bond acceptors (Lipinski definition) is 4. The number of rotatable bonds is 10. The van der Waals surface area contributed by atoms with Gasteiger partial charge in [-0.05, 0) is 30.9 Å². The third-order valence-corrected chi connectivity index (χ3v) is 3.77. The highest BCUT2D eigenvalue weighted by atomic mass is 79.9. The molecule has 5 nitrogen and oxygen atoms in total. The highest BCUT2D eigenvalue weighted by Gasteiger charge is 2.20. The van der Waals surface area contributed by atoms with Crippen LogP contribution in [0.5, 0.6) is 11.5 Å². The van der Waals surface area contributed by atoms with Crippen LogP contribution in [0.2, 0.25) is 0 Å². The first-order valence-corrected chi connectivity index (χ1v) is 8.63. The number of nitrogens with one attached hydrogen (secondary N) is 1. The molecule has 23 heavy (non-hydrogen) atoms. The van der Waals surface area contributed by atoms with Gasteiger partial charge in [-0.1, -0.05) is 36.7 Å². The fourth-order valence-corrected chi connectivity index (χ4v) is 2.73. The lowest BCUT2D eigenvalue weighted by Crippen LogP contribution is -2.37. The van der Waals surface area contributed by atoms with Crippen LogP contribution in [0.4, 0.5) is 0 Å². The summed E-state index contributed by atoms with van der Waals surface area (Å²) in [6, 6.07) is 3.19. The number of hydrogen-bond donors (Lipinski definition) is 2. The van der Waals surface area contributed by atoms with Gasteiger partial charge in [0.15, 0.2) is 11.5 Å². The fourth-order valence-electron chi connectivity index (χ4n) is 2.25. The summed E-state index contributed by atoms with van der Waals surface area (Å²) in [6.45, 7) is 7.04. The van der Waals surface area contributed by atoms with Crippen LogP contribution >= 0.6 is 15.9 Å². The van der Waals surface area contributed by atoms with Crippen LogP contribution in [0.1, 0.15) is 39.2 Å². The van der Waals surface area contributed by atoms with E-state index in [1.807, 2.05) is 32.9 Å². The number of halogens is 1. The van der Waals surface area contributed by atoms with Crippen molar-refractivity contribution in [1.29, 1.82) is 0 Å². The smallest absolute Gasteiger partial charge is 0.320 e. The number of aliphatic carboxylic acids is 1. The summed E-state index contributed by atoms with van der Waals surface area (Å²) in [5.41, 5.74) is 0.875. The number of methoxy groups -OCH3 is 1. The van der Waals surface area contributed by atoms with Crippen LogP contribution < -0.4 is 14.8 Å². The SMILES string of the molecule is CCCOc1c(CNC(CC(C)C)C(=O)O)cc(Br)cc1OC. The maximum Gasteiger partial charge on any atom is 0.320 e. The normalized spacial score (nSPS) is 12.3. The molecule has 0 heterocycles. The molecular weight excluding hydrogens is 362 g/mol. The third-order valence-electron chi connectivity index (χ3n) is 3.31. The zero-order valence-corrected chi connectivity index (χ0v) is 15.8. The van der Waals surface area contributed by atoms with E-state index < -0.39 is 12.0 Å². The Bertz CT molecular complexity index is 520. The van der Waals surface area contributed by atoms with E-state index in [-0.39, 0.29) is 0 Å². The summed E-state index contributed by atoms with van der Waals surface area (Å²) in [5, 5.41) is 12.4. The Kier molecular flexibility index (Phi) is 8.41. The molecule has 130 valence electrons. The molecule has 0 aliphatic rings. The molecule has 0 aliphatic carbocycles. The van der Waals surface area contributed by atoms with Gasteiger partial charge in [0.05, 0.1) is 13.7 Å². The van der Waals surface area contributed by atoms with E-state index in [2.05, 4.69) is 21.2 Å². The number of carboxylic acid groups (broad SMARTS) is 1. The number of benzene rings is 1. The van der Waals surface area contributed by atoms with Gasteiger partial charge < -0.3 is 19.9 Å². The van der Waals surface area contributed by atoms with Gasteiger partial charge in [-0.2, -0.15) is 0 Å². The Morgan fingerprint density at radius 3 is 2.61 bits per heavy atom. The van der Waals surface area contributed by atoms with E-state index in [9.17, 15) is 9.90 Å². The van der Waals surface area contributed by atoms with E-state index in [0.29, 0.717) is 37.0 Å². The molecule has 0 bridgehead atoms. The molecule has 0 saturated heterocycles. The molecule has 6 heteroatoms. The van der Waals surface area contributed by atoms with Crippen LogP contribution in [0.15, 0.2) is 16.6 Å². The van der Waals surface area contributed by atoms with Gasteiger partial charge in [0, 0.05) is 16.6 Å². The minimum Gasteiger partial charge on any atom is -0.493 e. The van der Waals surface area contributed by atoms with Crippen molar-refractivity contribution >= 4 is 21.9 Å². The molecule has 1 rings (SSSR count). The number of carbonyl (C=O) groups is 1. The van der Waals surface area contributed by atoms with Crippen LogP contribution in [0.25, 0.3) is 0 Å². The summed E-state index contributed by atoms with van der Waals surface area (Å²) in [5.74, 6) is 0.771. The number of ether oxygens (including phenoxy) is 2. The second kappa shape index (κ2) is 9.78. The molecule has 1 aromatic rings. The van der Waals surface area contributed by atoms with E-state index in [4.69, 9.17) is 9.47 Å². The Hall–Kier alpha value is -1.27. The van der Waals surface area contributed by atoms with E-state index >= 15 is 0 Å². The summed E-state index contributed by atoms with van der Waals surface area (Å²) < 4.78 is 12.1. The Morgan fingerprint density at radius 1 is 1.39 bits per heavy atom. The average molecular weight is 388 g/mol. The summed E-state index contributed by atoms with van der Waals surface area (Å²) in [4.78, 5) is 11.4. The summed E-state index contributed by atoms with van der Waals surface area (Å²) in [7, 11) is 1.59. The van der Waals surface area contributed by atoms with Crippen LogP contribution in [0.3, 0.4) is 0 Å². The standard InChI is InChI=1S/C17H26BrNO4/c1-5-6-23-16-12(8-13(18)9-15(16)22-4)10-19-14(17(20)21)7-11(2)3/h8-9,11,14,19H,5-7,10H2,1-4H3,(H,20,21). The average Bonchev–Trinajstić information content (AvgIpc) is 2.49. The second-order valence-electron chi connectivity index (χ2n) is 5.85. The van der Waals surface area contributed by atoms with Crippen molar-refractivity contribution in [3.63, 3.8) is 0 Å². The monoisotopic (exact) mass is 387 g/mol. The van der Waals surface area contributed by atoms with Crippen LogP contribution in [-0.4, -0.2) is 30.8 Å². The lowest BCUT2D eigenvalue weighted by molar-refractivity contribution is -0.140. The third kappa shape index (κ3) is 6.39. The Morgan fingerprint density at radius 2 is 2.09 bits per heavy atom. The predicted octanol–water partition coefficient (Wildman–Crippen LogP) is 3.84. The highest BCUT2D eigenvalue weighted by molar-refractivity contribution is 9.10. The largest absolute Gasteiger partial charge is 0.493 e. The topological polar surface area (TPSA) is 67.8 Å². The second-order valence-corrected chi connectivity index (χ2v) is 6.76. The van der Waals surface area contributed by atoms with Gasteiger partial charge in [0.1, 0.15) is 6.04 Å². The lowest BCUT2D eigenvalue weighted by atomic mass is 10.0. The maximum absolute atomic E-state index is 11.4. The van der Waals surface area contributed by atoms with Crippen LogP contribution in [-0.2, 0) is 11.3 Å². The predicted molar refractivity (Wildman–Crippen MR) is 94.2 cm³/mol. The zero-order valence-electron chi connectivity index (χ0n) is 14.2. The molecule has 1 atom stereocenters. The summed E-state index contributed by atoms with van der Waals surface area (Å²) >= 11 is 3.45. The van der Waals surface area contributed by atoms with E-state index in [1.165, 1.54) is 0 Å². The molecule has 0 spiro atoms. The van der Waals surface area contributed by atoms with E-state index in [0.717, 1.165) is 16.5 Å². The molecule has 2 N–H and O–H groups in total. The molecule has 0 aliphatic heterocycles. The molecule has 1 unspecified atom stereocenters. The van der Waals surface area contributed by atoms with Gasteiger partial charge in [0.25, 0.3) is 0 Å². The lowest BCUT2D eigenvalue weighted by Gasteiger charge is -2.19. The molecular formula is C17H26BrNO4. The van der Waals surface area contributed by atoms with Gasteiger partial charge in [-0.15, -0.1) is 0 Å². The van der Waals surface area contributed by atoms with Crippen molar-refractivity contribution < 1.29 is 19.4 Å². The molecule has 0 radical (unpaired) electrons. The zero-order chi connectivity index (χ0) is 17.4. The Balaban J connectivity index is 2.96. The Labute approximate surface area is 146 Å². The van der Waals surface area contributed by atoms with Gasteiger partial charge >= 0.3 is 5.97 Å². The molecule has 0 fully saturated rings. The van der Waals surface area contributed by atoms with Crippen LogP contribution in [0, 0.1) is 5.92 Å². The van der Waals surface area contributed by atoms with Gasteiger partial charge in [-0.25, -0.2) is 0 Å². The quantitative estimate of drug-likeness (QED) is 0.638. The first-order chi connectivity index (χ1) is 10.9.